The third-order valence-corrected chi connectivity index (χ3v) is 3.93. The lowest BCUT2D eigenvalue weighted by Gasteiger charge is -2.38. The largest absolute Gasteiger partial charge is 0.658 e. The summed E-state index contributed by atoms with van der Waals surface area (Å²) in [7, 11) is 0. The molecule has 2 rings (SSSR count). The minimum absolute atomic E-state index is 0.492. The van der Waals surface area contributed by atoms with Gasteiger partial charge in [0, 0.05) is 5.56 Å². The van der Waals surface area contributed by atoms with Crippen molar-refractivity contribution in [3.05, 3.63) is 42.0 Å². The molecule has 0 radical (unpaired) electrons. The van der Waals surface area contributed by atoms with Crippen LogP contribution in [-0.4, -0.2) is 19.1 Å². The Morgan fingerprint density at radius 2 is 1.65 bits per heavy atom. The second-order valence-electron chi connectivity index (χ2n) is 7.17. The zero-order valence-corrected chi connectivity index (χ0v) is 15.0. The molecule has 1 aliphatic rings. The highest BCUT2D eigenvalue weighted by Gasteiger charge is 2.42. The fourth-order valence-corrected chi connectivity index (χ4v) is 3.34. The molecule has 126 valence electrons. The molecule has 0 fully saturated rings. The molecule has 1 aromatic rings. The fraction of sp³-hybridized carbons (Fsp3) is 0.526. The Labute approximate surface area is 140 Å². The summed E-state index contributed by atoms with van der Waals surface area (Å²) in [5.41, 5.74) is 1.06. The van der Waals surface area contributed by atoms with Gasteiger partial charge < -0.3 is 13.7 Å². The Kier molecular flexibility index (Phi) is 5.92. The number of carbonyl (C=O) groups excluding carboxylic acids is 1. The van der Waals surface area contributed by atoms with E-state index in [0.29, 0.717) is 24.4 Å². The van der Waals surface area contributed by atoms with Crippen LogP contribution in [0, 0.1) is 11.8 Å². The highest BCUT2D eigenvalue weighted by atomic mass is 16.6. The van der Waals surface area contributed by atoms with E-state index in [4.69, 9.17) is 13.7 Å². The maximum atomic E-state index is 6.46. The lowest BCUT2D eigenvalue weighted by Crippen LogP contribution is -2.45. The van der Waals surface area contributed by atoms with Crippen LogP contribution in [0.4, 0.5) is 0 Å². The number of hydrogen-bond acceptors (Lipinski definition) is 2. The summed E-state index contributed by atoms with van der Waals surface area (Å²) in [6, 6.07) is 10.2. The average Bonchev–Trinajstić information content (AvgIpc) is 2.46. The molecule has 0 N–H and O–H groups in total. The molecule has 1 aromatic carbocycles. The summed E-state index contributed by atoms with van der Waals surface area (Å²) in [6.07, 6.45) is 3.65. The second kappa shape index (κ2) is 7.71. The number of rotatable bonds is 6. The molecule has 0 saturated heterocycles. The van der Waals surface area contributed by atoms with Gasteiger partial charge >= 0.3 is 12.5 Å². The van der Waals surface area contributed by atoms with Crippen LogP contribution < -0.4 is 0 Å². The Morgan fingerprint density at radius 1 is 1.04 bits per heavy atom. The van der Waals surface area contributed by atoms with Crippen molar-refractivity contribution in [3.63, 3.8) is 0 Å². The summed E-state index contributed by atoms with van der Waals surface area (Å²) in [4.78, 5) is 0. The highest BCUT2D eigenvalue weighted by molar-refractivity contribution is 6.66. The van der Waals surface area contributed by atoms with Gasteiger partial charge in [-0.15, -0.1) is 0 Å². The van der Waals surface area contributed by atoms with Gasteiger partial charge in [0.05, 0.1) is 5.76 Å². The maximum Gasteiger partial charge on any atom is 0.475 e. The second-order valence-corrected chi connectivity index (χ2v) is 7.17. The molecule has 0 spiro atoms. The number of esters is 1. The molecule has 1 aliphatic heterocycles. The van der Waals surface area contributed by atoms with E-state index in [2.05, 4.69) is 39.8 Å². The van der Waals surface area contributed by atoms with Crippen LogP contribution in [-0.2, 0) is 13.7 Å². The first kappa shape index (κ1) is 17.6. The van der Waals surface area contributed by atoms with Crippen LogP contribution in [0.2, 0.25) is 12.6 Å². The molecule has 0 aliphatic carbocycles. The van der Waals surface area contributed by atoms with Gasteiger partial charge in [0.1, 0.15) is 6.08 Å². The molecule has 0 bridgehead atoms. The number of ether oxygens (including phenoxy) is 1. The SMILES string of the molecule is CCOC1=[O+][B-](CC(C)C)(CC(C)C)OC(c2ccccc2)=C1. The van der Waals surface area contributed by atoms with E-state index in [-0.39, 0.29) is 0 Å². The topological polar surface area (TPSA) is 29.8 Å². The third-order valence-electron chi connectivity index (χ3n) is 3.93. The maximum absolute atomic E-state index is 6.46. The minimum atomic E-state index is -1.44. The highest BCUT2D eigenvalue weighted by Crippen LogP contribution is 2.33. The van der Waals surface area contributed by atoms with E-state index >= 15 is 0 Å². The molecular weight excluding hydrogens is 287 g/mol. The first-order valence-electron chi connectivity index (χ1n) is 8.76. The molecular formula is C19H29BO3. The standard InChI is InChI=1S/C19H29BO3/c1-6-21-19-12-18(17-10-8-7-9-11-17)22-20(23-19,13-15(2)3)14-16(4)5/h7-12,15-16H,6,13-14H2,1-5H3. The lowest BCUT2D eigenvalue weighted by molar-refractivity contribution is -0.345. The number of hydrogen-bond donors (Lipinski definition) is 0. The molecule has 0 unspecified atom stereocenters. The number of benzene rings is 1. The van der Waals surface area contributed by atoms with Crippen LogP contribution in [0.5, 0.6) is 0 Å². The fourth-order valence-electron chi connectivity index (χ4n) is 3.34. The molecule has 0 amide bonds. The van der Waals surface area contributed by atoms with Crippen LogP contribution in [0.3, 0.4) is 0 Å². The van der Waals surface area contributed by atoms with Crippen molar-refractivity contribution >= 4 is 18.3 Å². The van der Waals surface area contributed by atoms with Gasteiger partial charge in [0.25, 0.3) is 0 Å². The van der Waals surface area contributed by atoms with Crippen LogP contribution in [0.15, 0.2) is 36.4 Å². The zero-order valence-electron chi connectivity index (χ0n) is 15.0. The van der Waals surface area contributed by atoms with Crippen molar-refractivity contribution in [1.82, 2.24) is 0 Å². The van der Waals surface area contributed by atoms with E-state index in [1.807, 2.05) is 31.2 Å². The van der Waals surface area contributed by atoms with E-state index in [1.165, 1.54) is 0 Å². The quantitative estimate of drug-likeness (QED) is 0.424. The minimum Gasteiger partial charge on any atom is -0.658 e. The van der Waals surface area contributed by atoms with Gasteiger partial charge in [-0.2, -0.15) is 0 Å². The smallest absolute Gasteiger partial charge is 0.475 e. The Hall–Kier alpha value is -1.71. The van der Waals surface area contributed by atoms with Gasteiger partial charge in [-0.1, -0.05) is 82.5 Å². The Bertz CT molecular complexity index is 551. The summed E-state index contributed by atoms with van der Waals surface area (Å²) in [5.74, 6) is 2.42. The summed E-state index contributed by atoms with van der Waals surface area (Å²) in [5, 5.41) is 0. The zero-order chi connectivity index (χ0) is 16.9. The Morgan fingerprint density at radius 3 is 2.17 bits per heavy atom. The van der Waals surface area contributed by atoms with E-state index in [9.17, 15) is 0 Å². The first-order chi connectivity index (χ1) is 10.9. The van der Waals surface area contributed by atoms with Gasteiger partial charge in [0.15, 0.2) is 6.61 Å². The van der Waals surface area contributed by atoms with E-state index in [0.717, 1.165) is 24.0 Å². The molecule has 0 saturated carbocycles. The van der Waals surface area contributed by atoms with Crippen molar-refractivity contribution in [1.29, 1.82) is 0 Å². The lowest BCUT2D eigenvalue weighted by atomic mass is 9.47. The van der Waals surface area contributed by atoms with Gasteiger partial charge in [0.2, 0.25) is 0 Å². The van der Waals surface area contributed by atoms with Crippen molar-refractivity contribution in [3.8, 4) is 0 Å². The van der Waals surface area contributed by atoms with Crippen molar-refractivity contribution in [2.24, 2.45) is 11.8 Å². The van der Waals surface area contributed by atoms with Gasteiger partial charge in [-0.3, -0.25) is 0 Å². The van der Waals surface area contributed by atoms with Crippen LogP contribution in [0.1, 0.15) is 40.2 Å². The van der Waals surface area contributed by atoms with Crippen LogP contribution >= 0.6 is 0 Å². The average molecular weight is 316 g/mol. The van der Waals surface area contributed by atoms with Crippen molar-refractivity contribution in [2.45, 2.75) is 47.3 Å². The van der Waals surface area contributed by atoms with Crippen molar-refractivity contribution < 1.29 is 13.7 Å². The summed E-state index contributed by atoms with van der Waals surface area (Å²) >= 11 is 0. The molecule has 0 aromatic heterocycles. The molecule has 23 heavy (non-hydrogen) atoms. The monoisotopic (exact) mass is 316 g/mol. The van der Waals surface area contributed by atoms with Crippen LogP contribution in [0.25, 0.3) is 5.76 Å². The molecule has 1 heterocycles. The molecule has 3 nitrogen and oxygen atoms in total. The predicted molar refractivity (Wildman–Crippen MR) is 97.2 cm³/mol. The summed E-state index contributed by atoms with van der Waals surface area (Å²) in [6.45, 7) is 9.95. The van der Waals surface area contributed by atoms with Crippen molar-refractivity contribution in [2.75, 3.05) is 6.61 Å². The Balaban J connectivity index is 2.41. The summed E-state index contributed by atoms with van der Waals surface area (Å²) < 4.78 is 18.4. The normalized spacial score (nSPS) is 16.8. The third kappa shape index (κ3) is 4.88. The molecule has 0 atom stereocenters. The molecule has 4 heteroatoms. The van der Waals surface area contributed by atoms with Gasteiger partial charge in [-0.05, 0) is 6.92 Å². The van der Waals surface area contributed by atoms with E-state index < -0.39 is 6.55 Å². The van der Waals surface area contributed by atoms with E-state index in [1.54, 1.807) is 0 Å². The van der Waals surface area contributed by atoms with Gasteiger partial charge in [-0.25, -0.2) is 0 Å². The first-order valence-corrected chi connectivity index (χ1v) is 8.76. The predicted octanol–water partition coefficient (Wildman–Crippen LogP) is 4.91.